The van der Waals surface area contributed by atoms with E-state index in [0.717, 1.165) is 18.8 Å². The van der Waals surface area contributed by atoms with Crippen molar-refractivity contribution >= 4 is 5.69 Å². The maximum atomic E-state index is 9.52. The Kier molecular flexibility index (Phi) is 5.93. The van der Waals surface area contributed by atoms with E-state index in [-0.39, 0.29) is 29.8 Å². The van der Waals surface area contributed by atoms with E-state index in [1.165, 1.54) is 0 Å². The molecule has 0 radical (unpaired) electrons. The van der Waals surface area contributed by atoms with Crippen LogP contribution in [0.3, 0.4) is 0 Å². The van der Waals surface area contributed by atoms with Crippen LogP contribution in [0.2, 0.25) is 0 Å². The van der Waals surface area contributed by atoms with Crippen molar-refractivity contribution in [3.63, 3.8) is 0 Å². The molecule has 0 bridgehead atoms. The van der Waals surface area contributed by atoms with E-state index < -0.39 is 0 Å². The lowest BCUT2D eigenvalue weighted by molar-refractivity contribution is -0.227. The first kappa shape index (κ1) is 22.0. The summed E-state index contributed by atoms with van der Waals surface area (Å²) < 4.78 is 19.4. The molecule has 0 aliphatic carbocycles. The van der Waals surface area contributed by atoms with Crippen molar-refractivity contribution in [3.05, 3.63) is 18.5 Å². The van der Waals surface area contributed by atoms with Crippen molar-refractivity contribution in [2.45, 2.75) is 53.6 Å². The molecular formula is C22H33N5O4. The second-order valence-electron chi connectivity index (χ2n) is 10.1. The molecule has 1 N–H and O–H groups in total. The summed E-state index contributed by atoms with van der Waals surface area (Å²) in [5, 5.41) is 18.1. The molecule has 2 saturated heterocycles. The first-order valence-corrected chi connectivity index (χ1v) is 10.8. The fraction of sp³-hybridized carbons (Fsp3) is 0.682. The van der Waals surface area contributed by atoms with Crippen molar-refractivity contribution in [2.24, 2.45) is 10.8 Å². The Morgan fingerprint density at radius 1 is 1.23 bits per heavy atom. The predicted molar refractivity (Wildman–Crippen MR) is 116 cm³/mol. The van der Waals surface area contributed by atoms with Crippen LogP contribution in [-0.2, 0) is 16.0 Å². The summed E-state index contributed by atoms with van der Waals surface area (Å²) in [5.41, 5.74) is 2.25. The van der Waals surface area contributed by atoms with Crippen LogP contribution in [0.5, 0.6) is 5.75 Å². The van der Waals surface area contributed by atoms with Gasteiger partial charge in [0.25, 0.3) is 0 Å². The topological polar surface area (TPSA) is 94.8 Å². The zero-order valence-electron chi connectivity index (χ0n) is 19.0. The molecule has 4 rings (SSSR count). The van der Waals surface area contributed by atoms with E-state index in [9.17, 15) is 5.11 Å². The lowest BCUT2D eigenvalue weighted by atomic mass is 9.82. The molecule has 2 fully saturated rings. The lowest BCUT2D eigenvalue weighted by Crippen LogP contribution is -2.56. The third-order valence-corrected chi connectivity index (χ3v) is 5.53. The van der Waals surface area contributed by atoms with Crippen LogP contribution in [0.1, 0.15) is 34.6 Å². The first-order valence-electron chi connectivity index (χ1n) is 10.8. The molecule has 0 amide bonds. The van der Waals surface area contributed by atoms with Crippen molar-refractivity contribution in [1.29, 1.82) is 0 Å². The Balaban J connectivity index is 1.49. The Bertz CT molecular complexity index is 897. The largest absolute Gasteiger partial charge is 0.489 e. The van der Waals surface area contributed by atoms with E-state index in [0.29, 0.717) is 36.9 Å². The van der Waals surface area contributed by atoms with E-state index in [2.05, 4.69) is 41.0 Å². The Labute approximate surface area is 183 Å². The number of rotatable bonds is 7. The monoisotopic (exact) mass is 431 g/mol. The number of pyridine rings is 1. The van der Waals surface area contributed by atoms with E-state index in [4.69, 9.17) is 14.2 Å². The summed E-state index contributed by atoms with van der Waals surface area (Å²) in [6.45, 7) is 13.8. The fourth-order valence-corrected chi connectivity index (χ4v) is 3.78. The number of ether oxygens (including phenoxy) is 3. The van der Waals surface area contributed by atoms with Crippen LogP contribution in [0.15, 0.2) is 18.5 Å². The van der Waals surface area contributed by atoms with Crippen molar-refractivity contribution in [1.82, 2.24) is 20.0 Å². The normalized spacial score (nSPS) is 20.7. The molecule has 2 aromatic heterocycles. The fourth-order valence-electron chi connectivity index (χ4n) is 3.78. The van der Waals surface area contributed by atoms with Gasteiger partial charge in [-0.05, 0) is 13.8 Å². The van der Waals surface area contributed by atoms with Gasteiger partial charge in [0.2, 0.25) is 0 Å². The van der Waals surface area contributed by atoms with Crippen LogP contribution >= 0.6 is 0 Å². The van der Waals surface area contributed by atoms with Gasteiger partial charge in [0.1, 0.15) is 17.1 Å². The summed E-state index contributed by atoms with van der Waals surface area (Å²) >= 11 is 0. The second-order valence-corrected chi connectivity index (χ2v) is 10.1. The zero-order chi connectivity index (χ0) is 22.2. The van der Waals surface area contributed by atoms with Gasteiger partial charge in [0.15, 0.2) is 6.29 Å². The van der Waals surface area contributed by atoms with Gasteiger partial charge in [-0.3, -0.25) is 0 Å². The minimum absolute atomic E-state index is 0.00247. The molecular weight excluding hydrogens is 398 g/mol. The van der Waals surface area contributed by atoms with E-state index in [1.807, 2.05) is 32.3 Å². The number of nitrogens with zero attached hydrogens (tertiary/aromatic N) is 5. The summed E-state index contributed by atoms with van der Waals surface area (Å²) in [6, 6.07) is 1.99. The number of anilines is 1. The lowest BCUT2D eigenvalue weighted by Gasteiger charge is -2.48. The Morgan fingerprint density at radius 2 is 1.94 bits per heavy atom. The van der Waals surface area contributed by atoms with E-state index >= 15 is 0 Å². The maximum absolute atomic E-state index is 9.52. The number of aliphatic hydroxyl groups excluding tert-OH is 1. The first-order chi connectivity index (χ1) is 14.7. The molecule has 0 saturated carbocycles. The number of aliphatic hydroxyl groups is 1. The van der Waals surface area contributed by atoms with Gasteiger partial charge in [-0.1, -0.05) is 26.0 Å². The van der Waals surface area contributed by atoms with Gasteiger partial charge in [-0.2, -0.15) is 0 Å². The molecule has 0 unspecified atom stereocenters. The van der Waals surface area contributed by atoms with Crippen LogP contribution < -0.4 is 9.64 Å². The number of aromatic nitrogens is 4. The third kappa shape index (κ3) is 4.99. The molecule has 0 spiro atoms. The maximum Gasteiger partial charge on any atom is 0.177 e. The predicted octanol–water partition coefficient (Wildman–Crippen LogP) is 2.34. The standard InChI is InChI=1S/C22H33N5O4/c1-15(2)31-18-6-16(26-10-22(5,11-26)12-28)7-23-20(18)17-8-27(25-24-17)9-19-29-13-21(3,4)14-30-19/h6-8,15,19,28H,9-14H2,1-5H3. The van der Waals surface area contributed by atoms with Crippen LogP contribution in [-0.4, -0.2) is 70.4 Å². The quantitative estimate of drug-likeness (QED) is 0.714. The van der Waals surface area contributed by atoms with Gasteiger partial charge in [0.05, 0.1) is 50.6 Å². The summed E-state index contributed by atoms with van der Waals surface area (Å²) in [4.78, 5) is 6.84. The van der Waals surface area contributed by atoms with Gasteiger partial charge < -0.3 is 24.2 Å². The van der Waals surface area contributed by atoms with Gasteiger partial charge >= 0.3 is 0 Å². The second kappa shape index (κ2) is 8.37. The summed E-state index contributed by atoms with van der Waals surface area (Å²) in [5.74, 6) is 0.670. The molecule has 0 aromatic carbocycles. The highest BCUT2D eigenvalue weighted by Gasteiger charge is 2.38. The van der Waals surface area contributed by atoms with Crippen molar-refractivity contribution in [2.75, 3.05) is 37.8 Å². The average molecular weight is 432 g/mol. The summed E-state index contributed by atoms with van der Waals surface area (Å²) in [7, 11) is 0. The number of hydrogen-bond acceptors (Lipinski definition) is 8. The molecule has 9 nitrogen and oxygen atoms in total. The molecule has 31 heavy (non-hydrogen) atoms. The van der Waals surface area contributed by atoms with Crippen LogP contribution in [0, 0.1) is 10.8 Å². The highest BCUT2D eigenvalue weighted by molar-refractivity contribution is 5.66. The highest BCUT2D eigenvalue weighted by Crippen LogP contribution is 2.37. The smallest absolute Gasteiger partial charge is 0.177 e. The van der Waals surface area contributed by atoms with Crippen LogP contribution in [0.4, 0.5) is 5.69 Å². The average Bonchev–Trinajstić information content (AvgIpc) is 3.15. The minimum atomic E-state index is -0.337. The molecule has 2 aromatic rings. The summed E-state index contributed by atoms with van der Waals surface area (Å²) in [6.07, 6.45) is 3.33. The zero-order valence-corrected chi connectivity index (χ0v) is 19.0. The molecule has 170 valence electrons. The Morgan fingerprint density at radius 3 is 2.58 bits per heavy atom. The van der Waals surface area contributed by atoms with Gasteiger partial charge in [-0.15, -0.1) is 5.10 Å². The molecule has 2 aliphatic heterocycles. The van der Waals surface area contributed by atoms with E-state index in [1.54, 1.807) is 4.68 Å². The molecule has 9 heteroatoms. The van der Waals surface area contributed by atoms with Gasteiger partial charge in [-0.25, -0.2) is 9.67 Å². The Hall–Kier alpha value is -2.23. The SMILES string of the molecule is CC(C)Oc1cc(N2CC(C)(CO)C2)cnc1-c1cn(CC2OCC(C)(C)CO2)nn1. The third-order valence-electron chi connectivity index (χ3n) is 5.53. The molecule has 4 heterocycles. The van der Waals surface area contributed by atoms with Crippen LogP contribution in [0.25, 0.3) is 11.4 Å². The molecule has 2 aliphatic rings. The van der Waals surface area contributed by atoms with Crippen molar-refractivity contribution < 1.29 is 19.3 Å². The van der Waals surface area contributed by atoms with Gasteiger partial charge in [0, 0.05) is 30.0 Å². The minimum Gasteiger partial charge on any atom is -0.489 e. The number of hydrogen-bond donors (Lipinski definition) is 1. The highest BCUT2D eigenvalue weighted by atomic mass is 16.7. The van der Waals surface area contributed by atoms with Crippen molar-refractivity contribution in [3.8, 4) is 17.1 Å². The molecule has 0 atom stereocenters.